The minimum absolute atomic E-state index is 0.372. The highest BCUT2D eigenvalue weighted by molar-refractivity contribution is 6.68. The molecule has 0 spiro atoms. The van der Waals surface area contributed by atoms with Crippen LogP contribution in [0.15, 0.2) is 48.5 Å². The first-order chi connectivity index (χ1) is 26.7. The molecular formula is C49H67B2NO4. The molecule has 5 aromatic carbocycles. The first-order valence-electron chi connectivity index (χ1n) is 22.4. The van der Waals surface area contributed by atoms with E-state index in [1.54, 1.807) is 0 Å². The molecule has 0 amide bonds. The van der Waals surface area contributed by atoms with Crippen LogP contribution in [0.5, 0.6) is 0 Å². The molecule has 298 valence electrons. The van der Waals surface area contributed by atoms with Gasteiger partial charge in [-0.3, -0.25) is 0 Å². The van der Waals surface area contributed by atoms with Crippen molar-refractivity contribution in [2.24, 2.45) is 0 Å². The van der Waals surface area contributed by atoms with Gasteiger partial charge in [0.2, 0.25) is 0 Å². The van der Waals surface area contributed by atoms with Crippen LogP contribution >= 0.6 is 0 Å². The number of hydrogen-bond donors (Lipinski definition) is 0. The molecule has 0 bridgehead atoms. The molecule has 3 heterocycles. The Labute approximate surface area is 337 Å². The van der Waals surface area contributed by atoms with Crippen LogP contribution in [0, 0.1) is 0 Å². The van der Waals surface area contributed by atoms with Gasteiger partial charge in [-0.2, -0.15) is 0 Å². The number of hydrogen-bond acceptors (Lipinski definition) is 4. The molecule has 2 fully saturated rings. The minimum Gasteiger partial charge on any atom is -0.399 e. The highest BCUT2D eigenvalue weighted by atomic mass is 16.7. The topological polar surface area (TPSA) is 41.9 Å². The molecule has 2 aliphatic rings. The largest absolute Gasteiger partial charge is 0.495 e. The maximum Gasteiger partial charge on any atom is 0.495 e. The Bertz CT molecular complexity index is 2110. The Morgan fingerprint density at radius 2 is 0.804 bits per heavy atom. The van der Waals surface area contributed by atoms with Crippen molar-refractivity contribution in [2.45, 2.75) is 188 Å². The van der Waals surface area contributed by atoms with Gasteiger partial charge < -0.3 is 23.2 Å². The van der Waals surface area contributed by atoms with Crippen LogP contribution in [-0.2, 0) is 18.6 Å². The van der Waals surface area contributed by atoms with Crippen molar-refractivity contribution in [3.63, 3.8) is 0 Å². The fourth-order valence-electron chi connectivity index (χ4n) is 9.89. The van der Waals surface area contributed by atoms with E-state index >= 15 is 0 Å². The van der Waals surface area contributed by atoms with Crippen LogP contribution in [0.2, 0.25) is 0 Å². The van der Waals surface area contributed by atoms with E-state index in [0.29, 0.717) is 6.04 Å². The number of benzene rings is 5. The third-order valence-corrected chi connectivity index (χ3v) is 14.6. The van der Waals surface area contributed by atoms with E-state index in [4.69, 9.17) is 18.6 Å². The Balaban J connectivity index is 1.38. The average Bonchev–Trinajstić information content (AvgIpc) is 3.69. The molecule has 8 rings (SSSR count). The second kappa shape index (κ2) is 15.1. The average molecular weight is 756 g/mol. The predicted molar refractivity (Wildman–Crippen MR) is 241 cm³/mol. The zero-order valence-corrected chi connectivity index (χ0v) is 36.3. The van der Waals surface area contributed by atoms with Crippen LogP contribution in [-0.4, -0.2) is 41.2 Å². The van der Waals surface area contributed by atoms with Crippen LogP contribution in [0.3, 0.4) is 0 Å². The summed E-state index contributed by atoms with van der Waals surface area (Å²) in [4.78, 5) is 0. The van der Waals surface area contributed by atoms with Gasteiger partial charge in [0.25, 0.3) is 0 Å². The van der Waals surface area contributed by atoms with Gasteiger partial charge in [-0.05, 0) is 124 Å². The Morgan fingerprint density at radius 3 is 1.18 bits per heavy atom. The van der Waals surface area contributed by atoms with E-state index in [1.165, 1.54) is 144 Å². The third kappa shape index (κ3) is 6.65. The van der Waals surface area contributed by atoms with E-state index in [1.807, 2.05) is 0 Å². The first-order valence-corrected chi connectivity index (χ1v) is 22.4. The highest BCUT2D eigenvalue weighted by Gasteiger charge is 2.54. The van der Waals surface area contributed by atoms with Crippen molar-refractivity contribution in [3.8, 4) is 0 Å². The van der Waals surface area contributed by atoms with Crippen LogP contribution in [0.1, 0.15) is 165 Å². The summed E-state index contributed by atoms with van der Waals surface area (Å²) < 4.78 is 30.3. The SMILES string of the molecule is CCCCCCCCC(CCCCCCCC)n1c2cc(B3OC(C)(C)C(C)(C)O3)c3cccc4c5cccc6c(B7OC(C)(C)C(C)(C)O7)cc1c(c65)c2c34. The van der Waals surface area contributed by atoms with Gasteiger partial charge in [0.1, 0.15) is 0 Å². The molecule has 2 aliphatic heterocycles. The van der Waals surface area contributed by atoms with E-state index in [2.05, 4.69) is 122 Å². The monoisotopic (exact) mass is 756 g/mol. The lowest BCUT2D eigenvalue weighted by atomic mass is 9.72. The molecule has 0 aliphatic carbocycles. The van der Waals surface area contributed by atoms with E-state index < -0.39 is 36.6 Å². The number of aromatic nitrogens is 1. The van der Waals surface area contributed by atoms with Gasteiger partial charge in [-0.1, -0.05) is 127 Å². The lowest BCUT2D eigenvalue weighted by Crippen LogP contribution is -2.41. The minimum atomic E-state index is -0.459. The molecule has 1 aromatic heterocycles. The lowest BCUT2D eigenvalue weighted by molar-refractivity contribution is 0.00578. The summed E-state index contributed by atoms with van der Waals surface area (Å²) in [6.07, 6.45) is 18.0. The van der Waals surface area contributed by atoms with E-state index in [-0.39, 0.29) is 0 Å². The summed E-state index contributed by atoms with van der Waals surface area (Å²) in [5, 5.41) is 10.5. The molecule has 2 saturated heterocycles. The summed E-state index contributed by atoms with van der Waals surface area (Å²) in [6.45, 7) is 22.0. The van der Waals surface area contributed by atoms with Crippen LogP contribution < -0.4 is 10.9 Å². The predicted octanol–water partition coefficient (Wildman–Crippen LogP) is 12.8. The van der Waals surface area contributed by atoms with Gasteiger partial charge in [0, 0.05) is 27.8 Å². The number of unbranched alkanes of at least 4 members (excludes halogenated alkanes) is 10. The number of rotatable bonds is 17. The fourth-order valence-corrected chi connectivity index (χ4v) is 9.89. The second-order valence-corrected chi connectivity index (χ2v) is 19.5. The van der Waals surface area contributed by atoms with Crippen molar-refractivity contribution in [1.29, 1.82) is 0 Å². The molecule has 0 atom stereocenters. The lowest BCUT2D eigenvalue weighted by Gasteiger charge is -2.32. The van der Waals surface area contributed by atoms with Gasteiger partial charge in [0.05, 0.1) is 22.4 Å². The highest BCUT2D eigenvalue weighted by Crippen LogP contribution is 2.49. The van der Waals surface area contributed by atoms with Crippen molar-refractivity contribution >= 4 is 79.3 Å². The van der Waals surface area contributed by atoms with E-state index in [9.17, 15) is 0 Å². The summed E-state index contributed by atoms with van der Waals surface area (Å²) in [5.41, 5.74) is 3.16. The Hall–Kier alpha value is -2.83. The van der Waals surface area contributed by atoms with Crippen molar-refractivity contribution in [1.82, 2.24) is 4.57 Å². The summed E-state index contributed by atoms with van der Waals surface area (Å²) in [7, 11) is -0.918. The summed E-state index contributed by atoms with van der Waals surface area (Å²) in [6, 6.07) is 19.0. The number of nitrogens with zero attached hydrogens (tertiary/aromatic N) is 1. The molecule has 0 saturated carbocycles. The smallest absolute Gasteiger partial charge is 0.399 e. The Morgan fingerprint density at radius 1 is 0.464 bits per heavy atom. The molecule has 7 heteroatoms. The quantitative estimate of drug-likeness (QED) is 0.0402. The fraction of sp³-hybridized carbons (Fsp3) is 0.592. The molecular weight excluding hydrogens is 688 g/mol. The second-order valence-electron chi connectivity index (χ2n) is 19.5. The zero-order valence-electron chi connectivity index (χ0n) is 36.3. The van der Waals surface area contributed by atoms with Crippen molar-refractivity contribution in [2.75, 3.05) is 0 Å². The third-order valence-electron chi connectivity index (χ3n) is 14.6. The van der Waals surface area contributed by atoms with Crippen LogP contribution in [0.4, 0.5) is 0 Å². The van der Waals surface area contributed by atoms with Gasteiger partial charge >= 0.3 is 14.2 Å². The molecule has 5 nitrogen and oxygen atoms in total. The summed E-state index contributed by atoms with van der Waals surface area (Å²) in [5.74, 6) is 0. The number of fused-ring (bicyclic) bond motifs is 1. The first kappa shape index (κ1) is 40.0. The standard InChI is InChI=1S/C49H67B2NO4/c1-11-13-15-17-19-21-25-33(26-22-20-18-16-14-12-2)52-40-31-38(50-53-46(3,4)47(5,6)54-50)36-29-23-27-34-35-28-24-30-37-39(51-55-48(7,8)49(9,10)56-51)32-41(52)45(43(35)37)44(40)42(34)36/h23-24,27-33H,11-22,25-26H2,1-10H3. The molecule has 56 heavy (non-hydrogen) atoms. The summed E-state index contributed by atoms with van der Waals surface area (Å²) >= 11 is 0. The molecule has 0 unspecified atom stereocenters. The van der Waals surface area contributed by atoms with Gasteiger partial charge in [0.15, 0.2) is 0 Å². The maximum atomic E-state index is 6.88. The zero-order chi connectivity index (χ0) is 39.6. The molecule has 6 aromatic rings. The van der Waals surface area contributed by atoms with Crippen molar-refractivity contribution in [3.05, 3.63) is 48.5 Å². The van der Waals surface area contributed by atoms with Crippen LogP contribution in [0.25, 0.3) is 54.1 Å². The Kier molecular flexibility index (Phi) is 10.8. The van der Waals surface area contributed by atoms with Gasteiger partial charge in [-0.15, -0.1) is 0 Å². The normalized spacial score (nSPS) is 19.2. The van der Waals surface area contributed by atoms with Gasteiger partial charge in [-0.25, -0.2) is 0 Å². The molecule has 0 radical (unpaired) electrons. The van der Waals surface area contributed by atoms with Crippen molar-refractivity contribution < 1.29 is 18.6 Å². The molecule has 0 N–H and O–H groups in total. The maximum absolute atomic E-state index is 6.88. The van der Waals surface area contributed by atoms with E-state index in [0.717, 1.165) is 10.9 Å².